The van der Waals surface area contributed by atoms with Crippen LogP contribution in [0.4, 0.5) is 11.4 Å². The van der Waals surface area contributed by atoms with E-state index in [0.29, 0.717) is 12.8 Å². The fourth-order valence-corrected chi connectivity index (χ4v) is 2.46. The molecule has 0 fully saturated rings. The highest BCUT2D eigenvalue weighted by molar-refractivity contribution is 9.09. The van der Waals surface area contributed by atoms with Gasteiger partial charge < -0.3 is 10.6 Å². The third-order valence-electron chi connectivity index (χ3n) is 3.07. The number of anilines is 2. The molecule has 0 radical (unpaired) electrons. The van der Waals surface area contributed by atoms with Gasteiger partial charge in [0.2, 0.25) is 11.8 Å². The summed E-state index contributed by atoms with van der Waals surface area (Å²) in [5, 5.41) is 6.65. The molecule has 0 atom stereocenters. The summed E-state index contributed by atoms with van der Waals surface area (Å²) in [4.78, 5) is 23.0. The number of nitrogens with one attached hydrogen (secondary N) is 2. The summed E-state index contributed by atoms with van der Waals surface area (Å²) in [5.41, 5.74) is 2.74. The number of alkyl halides is 1. The molecule has 2 amide bonds. The Morgan fingerprint density at radius 2 is 2.16 bits per heavy atom. The van der Waals surface area contributed by atoms with Crippen molar-refractivity contribution in [3.05, 3.63) is 23.8 Å². The topological polar surface area (TPSA) is 58.2 Å². The van der Waals surface area contributed by atoms with E-state index in [1.54, 1.807) is 0 Å². The molecule has 102 valence electrons. The third-order valence-corrected chi connectivity index (χ3v) is 3.63. The highest BCUT2D eigenvalue weighted by atomic mass is 79.9. The second-order valence-corrected chi connectivity index (χ2v) is 5.41. The number of amides is 2. The molecule has 1 aromatic carbocycles. The first kappa shape index (κ1) is 14.1. The molecule has 19 heavy (non-hydrogen) atoms. The lowest BCUT2D eigenvalue weighted by atomic mass is 10.0. The van der Waals surface area contributed by atoms with Crippen LogP contribution in [0.25, 0.3) is 0 Å². The Bertz CT molecular complexity index is 488. The van der Waals surface area contributed by atoms with Crippen molar-refractivity contribution in [1.29, 1.82) is 0 Å². The lowest BCUT2D eigenvalue weighted by molar-refractivity contribution is -0.117. The van der Waals surface area contributed by atoms with Crippen LogP contribution in [0.2, 0.25) is 0 Å². The summed E-state index contributed by atoms with van der Waals surface area (Å²) >= 11 is 3.35. The zero-order chi connectivity index (χ0) is 13.7. The maximum Gasteiger partial charge on any atom is 0.224 e. The average Bonchev–Trinajstić information content (AvgIpc) is 2.39. The van der Waals surface area contributed by atoms with Crippen molar-refractivity contribution >= 4 is 39.1 Å². The number of unbranched alkanes of at least 4 members (excludes halogenated alkanes) is 1. The Labute approximate surface area is 121 Å². The van der Waals surface area contributed by atoms with Crippen LogP contribution >= 0.6 is 15.9 Å². The summed E-state index contributed by atoms with van der Waals surface area (Å²) in [6.45, 7) is 0. The molecule has 0 saturated heterocycles. The number of rotatable bonds is 5. The van der Waals surface area contributed by atoms with Gasteiger partial charge in [0.05, 0.1) is 0 Å². The van der Waals surface area contributed by atoms with Crippen LogP contribution in [-0.2, 0) is 16.0 Å². The molecular formula is C14H17BrN2O2. The van der Waals surface area contributed by atoms with E-state index in [1.807, 2.05) is 18.2 Å². The third kappa shape index (κ3) is 4.06. The predicted molar refractivity (Wildman–Crippen MR) is 79.7 cm³/mol. The number of hydrogen-bond acceptors (Lipinski definition) is 2. The highest BCUT2D eigenvalue weighted by Crippen LogP contribution is 2.25. The van der Waals surface area contributed by atoms with Gasteiger partial charge in [-0.25, -0.2) is 0 Å². The number of halogens is 1. The zero-order valence-corrected chi connectivity index (χ0v) is 12.3. The number of carbonyl (C=O) groups excluding carboxylic acids is 2. The van der Waals surface area contributed by atoms with Crippen molar-refractivity contribution in [2.45, 2.75) is 32.1 Å². The molecule has 2 N–H and O–H groups in total. The van der Waals surface area contributed by atoms with Crippen molar-refractivity contribution in [1.82, 2.24) is 0 Å². The zero-order valence-electron chi connectivity index (χ0n) is 10.7. The summed E-state index contributed by atoms with van der Waals surface area (Å²) in [6, 6.07) is 5.62. The summed E-state index contributed by atoms with van der Waals surface area (Å²) < 4.78 is 0. The summed E-state index contributed by atoms with van der Waals surface area (Å²) in [7, 11) is 0. The Morgan fingerprint density at radius 1 is 1.32 bits per heavy atom. The minimum Gasteiger partial charge on any atom is -0.326 e. The lowest BCUT2D eigenvalue weighted by Gasteiger charge is -2.17. The van der Waals surface area contributed by atoms with Gasteiger partial charge in [-0.1, -0.05) is 15.9 Å². The van der Waals surface area contributed by atoms with Crippen LogP contribution in [0.5, 0.6) is 0 Å². The smallest absolute Gasteiger partial charge is 0.224 e. The maximum atomic E-state index is 11.7. The van der Waals surface area contributed by atoms with Gasteiger partial charge in [-0.3, -0.25) is 9.59 Å². The molecule has 1 aliphatic rings. The molecule has 0 bridgehead atoms. The monoisotopic (exact) mass is 324 g/mol. The molecule has 1 aliphatic heterocycles. The Morgan fingerprint density at radius 3 is 2.95 bits per heavy atom. The van der Waals surface area contributed by atoms with Crippen LogP contribution < -0.4 is 10.6 Å². The first-order chi connectivity index (χ1) is 9.19. The van der Waals surface area contributed by atoms with E-state index >= 15 is 0 Å². The van der Waals surface area contributed by atoms with Gasteiger partial charge in [-0.2, -0.15) is 0 Å². The normalized spacial score (nSPS) is 13.6. The molecule has 1 aromatic rings. The molecule has 0 saturated carbocycles. The van der Waals surface area contributed by atoms with E-state index in [1.165, 1.54) is 0 Å². The van der Waals surface area contributed by atoms with Gasteiger partial charge in [0.1, 0.15) is 0 Å². The van der Waals surface area contributed by atoms with Crippen molar-refractivity contribution in [3.8, 4) is 0 Å². The molecule has 5 heteroatoms. The molecule has 1 heterocycles. The van der Waals surface area contributed by atoms with E-state index in [2.05, 4.69) is 26.6 Å². The van der Waals surface area contributed by atoms with Crippen LogP contribution in [0.1, 0.15) is 31.2 Å². The molecule has 0 spiro atoms. The van der Waals surface area contributed by atoms with E-state index < -0.39 is 0 Å². The van der Waals surface area contributed by atoms with Gasteiger partial charge in [0.25, 0.3) is 0 Å². The first-order valence-corrected chi connectivity index (χ1v) is 7.60. The minimum absolute atomic E-state index is 0.0424. The van der Waals surface area contributed by atoms with Crippen LogP contribution in [0.3, 0.4) is 0 Å². The molecule has 0 aliphatic carbocycles. The van der Waals surface area contributed by atoms with Gasteiger partial charge in [0, 0.05) is 29.5 Å². The van der Waals surface area contributed by atoms with Crippen LogP contribution in [-0.4, -0.2) is 17.1 Å². The van der Waals surface area contributed by atoms with Gasteiger partial charge in [0.15, 0.2) is 0 Å². The largest absolute Gasteiger partial charge is 0.326 e. The molecular weight excluding hydrogens is 308 g/mol. The van der Waals surface area contributed by atoms with Gasteiger partial charge in [-0.05, 0) is 43.0 Å². The van der Waals surface area contributed by atoms with Crippen molar-refractivity contribution in [2.24, 2.45) is 0 Å². The van der Waals surface area contributed by atoms with E-state index in [-0.39, 0.29) is 11.8 Å². The molecule has 4 nitrogen and oxygen atoms in total. The van der Waals surface area contributed by atoms with E-state index in [0.717, 1.165) is 41.5 Å². The number of fused-ring (bicyclic) bond motifs is 1. The highest BCUT2D eigenvalue weighted by Gasteiger charge is 2.15. The Balaban J connectivity index is 1.95. The van der Waals surface area contributed by atoms with Gasteiger partial charge in [-0.15, -0.1) is 0 Å². The lowest BCUT2D eigenvalue weighted by Crippen LogP contribution is -2.19. The molecule has 0 unspecified atom stereocenters. The van der Waals surface area contributed by atoms with Gasteiger partial charge >= 0.3 is 0 Å². The number of carbonyl (C=O) groups is 2. The SMILES string of the molecule is O=C(CCCCBr)Nc1ccc2c(c1)CCC(=O)N2. The Hall–Kier alpha value is -1.36. The second-order valence-electron chi connectivity index (χ2n) is 4.61. The summed E-state index contributed by atoms with van der Waals surface area (Å²) in [6.07, 6.45) is 3.67. The number of aryl methyl sites for hydroxylation is 1. The minimum atomic E-state index is 0.0424. The fourth-order valence-electron chi connectivity index (χ4n) is 2.06. The Kier molecular flexibility index (Phi) is 4.96. The van der Waals surface area contributed by atoms with E-state index in [4.69, 9.17) is 0 Å². The second kappa shape index (κ2) is 6.70. The number of hydrogen-bond donors (Lipinski definition) is 2. The predicted octanol–water partition coefficient (Wildman–Crippen LogP) is 3.08. The fraction of sp³-hybridized carbons (Fsp3) is 0.429. The number of benzene rings is 1. The van der Waals surface area contributed by atoms with E-state index in [9.17, 15) is 9.59 Å². The quantitative estimate of drug-likeness (QED) is 0.646. The summed E-state index contributed by atoms with van der Waals surface area (Å²) in [5.74, 6) is 0.0970. The molecule has 0 aromatic heterocycles. The van der Waals surface area contributed by atoms with Crippen molar-refractivity contribution in [2.75, 3.05) is 16.0 Å². The maximum absolute atomic E-state index is 11.7. The first-order valence-electron chi connectivity index (χ1n) is 6.47. The van der Waals surface area contributed by atoms with Crippen molar-refractivity contribution < 1.29 is 9.59 Å². The van der Waals surface area contributed by atoms with Crippen LogP contribution in [0, 0.1) is 0 Å². The average molecular weight is 325 g/mol. The molecule has 2 rings (SSSR count). The van der Waals surface area contributed by atoms with Crippen molar-refractivity contribution in [3.63, 3.8) is 0 Å². The van der Waals surface area contributed by atoms with Crippen LogP contribution in [0.15, 0.2) is 18.2 Å². The standard InChI is InChI=1S/C14H17BrN2O2/c15-8-2-1-3-13(18)16-11-5-6-12-10(9-11)4-7-14(19)17-12/h5-6,9H,1-4,7-8H2,(H,16,18)(H,17,19).